The minimum Gasteiger partial charge on any atom is -0.313 e. The highest BCUT2D eigenvalue weighted by Crippen LogP contribution is 2.36. The van der Waals surface area contributed by atoms with E-state index in [1.807, 2.05) is 0 Å². The van der Waals surface area contributed by atoms with E-state index in [2.05, 4.69) is 53.8 Å². The molecule has 0 aliphatic carbocycles. The summed E-state index contributed by atoms with van der Waals surface area (Å²) in [5.41, 5.74) is 0.724. The third kappa shape index (κ3) is 4.00. The summed E-state index contributed by atoms with van der Waals surface area (Å²) in [7, 11) is 0. The lowest BCUT2D eigenvalue weighted by Crippen LogP contribution is -2.50. The molecule has 0 aliphatic rings. The molecular weight excluding hydrogens is 170 g/mol. The molecule has 0 aromatic carbocycles. The Morgan fingerprint density at radius 1 is 1.00 bits per heavy atom. The van der Waals surface area contributed by atoms with Gasteiger partial charge in [0.05, 0.1) is 0 Å². The Labute approximate surface area is 90.7 Å². The van der Waals surface area contributed by atoms with Crippen LogP contribution in [0.4, 0.5) is 0 Å². The van der Waals surface area contributed by atoms with E-state index in [1.165, 1.54) is 12.8 Å². The molecule has 0 spiro atoms. The van der Waals surface area contributed by atoms with Crippen molar-refractivity contribution in [2.45, 2.75) is 67.3 Å². The summed E-state index contributed by atoms with van der Waals surface area (Å²) in [5, 5.41) is 3.70. The topological polar surface area (TPSA) is 12.0 Å². The predicted octanol–water partition coefficient (Wildman–Crippen LogP) is 3.84. The van der Waals surface area contributed by atoms with Crippen LogP contribution >= 0.6 is 0 Å². The molecule has 0 saturated carbocycles. The van der Waals surface area contributed by atoms with Crippen LogP contribution in [-0.2, 0) is 0 Å². The molecule has 0 rings (SSSR count). The van der Waals surface area contributed by atoms with Crippen LogP contribution in [0.3, 0.4) is 0 Å². The summed E-state index contributed by atoms with van der Waals surface area (Å²) in [4.78, 5) is 0. The van der Waals surface area contributed by atoms with Gasteiger partial charge in [0.2, 0.25) is 0 Å². The maximum atomic E-state index is 3.70. The molecular formula is C13H29N. The average molecular weight is 199 g/mol. The van der Waals surface area contributed by atoms with Crippen molar-refractivity contribution in [1.29, 1.82) is 0 Å². The van der Waals surface area contributed by atoms with Gasteiger partial charge in [-0.1, -0.05) is 48.5 Å². The van der Waals surface area contributed by atoms with E-state index in [1.54, 1.807) is 0 Å². The van der Waals surface area contributed by atoms with Gasteiger partial charge >= 0.3 is 0 Å². The zero-order valence-corrected chi connectivity index (χ0v) is 11.2. The summed E-state index contributed by atoms with van der Waals surface area (Å²) < 4.78 is 0. The third-order valence-corrected chi connectivity index (χ3v) is 3.16. The van der Waals surface area contributed by atoms with Crippen molar-refractivity contribution in [2.24, 2.45) is 10.8 Å². The quantitative estimate of drug-likeness (QED) is 0.709. The second-order valence-corrected chi connectivity index (χ2v) is 6.10. The number of rotatable bonds is 5. The molecule has 1 nitrogen and oxygen atoms in total. The second-order valence-electron chi connectivity index (χ2n) is 6.10. The highest BCUT2D eigenvalue weighted by Gasteiger charge is 2.35. The molecule has 0 aromatic heterocycles. The van der Waals surface area contributed by atoms with Gasteiger partial charge in [-0.05, 0) is 30.2 Å². The van der Waals surface area contributed by atoms with Crippen LogP contribution in [0.1, 0.15) is 61.3 Å². The second kappa shape index (κ2) is 5.16. The minimum atomic E-state index is 0.342. The molecule has 1 N–H and O–H groups in total. The van der Waals surface area contributed by atoms with Crippen molar-refractivity contribution in [1.82, 2.24) is 5.32 Å². The zero-order valence-electron chi connectivity index (χ0n) is 11.2. The van der Waals surface area contributed by atoms with E-state index in [-0.39, 0.29) is 0 Å². The zero-order chi connectivity index (χ0) is 11.4. The molecule has 0 fully saturated rings. The Bertz CT molecular complexity index is 153. The lowest BCUT2D eigenvalue weighted by atomic mass is 9.69. The summed E-state index contributed by atoms with van der Waals surface area (Å²) in [6.07, 6.45) is 2.44. The molecule has 0 bridgehead atoms. The Hall–Kier alpha value is -0.0400. The molecule has 1 heteroatoms. The van der Waals surface area contributed by atoms with Gasteiger partial charge in [0.1, 0.15) is 0 Å². The maximum Gasteiger partial charge on any atom is 0.0167 e. The van der Waals surface area contributed by atoms with E-state index in [0.717, 1.165) is 6.54 Å². The van der Waals surface area contributed by atoms with E-state index < -0.39 is 0 Å². The SMILES string of the molecule is CCCNC(C(C)(C)C)C(C)(C)CC. The molecule has 0 amide bonds. The predicted molar refractivity (Wildman–Crippen MR) is 65.6 cm³/mol. The van der Waals surface area contributed by atoms with E-state index >= 15 is 0 Å². The maximum absolute atomic E-state index is 3.70. The average Bonchev–Trinajstić information content (AvgIpc) is 2.02. The van der Waals surface area contributed by atoms with Crippen molar-refractivity contribution in [3.63, 3.8) is 0 Å². The van der Waals surface area contributed by atoms with Gasteiger partial charge in [-0.25, -0.2) is 0 Å². The summed E-state index contributed by atoms with van der Waals surface area (Å²) in [5.74, 6) is 0. The molecule has 86 valence electrons. The van der Waals surface area contributed by atoms with Crippen molar-refractivity contribution >= 4 is 0 Å². The number of hydrogen-bond acceptors (Lipinski definition) is 1. The van der Waals surface area contributed by atoms with Crippen molar-refractivity contribution in [3.8, 4) is 0 Å². The molecule has 14 heavy (non-hydrogen) atoms. The van der Waals surface area contributed by atoms with Crippen molar-refractivity contribution in [2.75, 3.05) is 6.54 Å². The monoisotopic (exact) mass is 199 g/mol. The standard InChI is InChI=1S/C13H29N/c1-8-10-14-11(12(3,4)5)13(6,7)9-2/h11,14H,8-10H2,1-7H3. The fourth-order valence-corrected chi connectivity index (χ4v) is 2.25. The Morgan fingerprint density at radius 3 is 1.79 bits per heavy atom. The summed E-state index contributed by atoms with van der Waals surface area (Å²) >= 11 is 0. The fraction of sp³-hybridized carbons (Fsp3) is 1.00. The lowest BCUT2D eigenvalue weighted by molar-refractivity contribution is 0.120. The first kappa shape index (κ1) is 14.0. The van der Waals surface area contributed by atoms with Gasteiger partial charge in [0.25, 0.3) is 0 Å². The van der Waals surface area contributed by atoms with Crippen LogP contribution in [-0.4, -0.2) is 12.6 Å². The van der Waals surface area contributed by atoms with E-state index in [9.17, 15) is 0 Å². The molecule has 0 aromatic rings. The summed E-state index contributed by atoms with van der Waals surface area (Å²) in [6, 6.07) is 0.597. The third-order valence-electron chi connectivity index (χ3n) is 3.16. The van der Waals surface area contributed by atoms with Gasteiger partial charge in [-0.3, -0.25) is 0 Å². The van der Waals surface area contributed by atoms with Gasteiger partial charge in [-0.15, -0.1) is 0 Å². The molecule has 0 saturated heterocycles. The Morgan fingerprint density at radius 2 is 1.50 bits per heavy atom. The van der Waals surface area contributed by atoms with Crippen LogP contribution in [0.2, 0.25) is 0 Å². The Balaban J connectivity index is 4.56. The van der Waals surface area contributed by atoms with Crippen molar-refractivity contribution < 1.29 is 0 Å². The van der Waals surface area contributed by atoms with Crippen LogP contribution in [0.5, 0.6) is 0 Å². The van der Waals surface area contributed by atoms with Crippen LogP contribution < -0.4 is 5.32 Å². The number of hydrogen-bond donors (Lipinski definition) is 1. The summed E-state index contributed by atoms with van der Waals surface area (Å²) in [6.45, 7) is 17.4. The largest absolute Gasteiger partial charge is 0.313 e. The first-order valence-corrected chi connectivity index (χ1v) is 5.99. The first-order chi connectivity index (χ1) is 6.25. The minimum absolute atomic E-state index is 0.342. The number of nitrogens with one attached hydrogen (secondary N) is 1. The van der Waals surface area contributed by atoms with Crippen LogP contribution in [0.25, 0.3) is 0 Å². The molecule has 0 aliphatic heterocycles. The molecule has 0 radical (unpaired) electrons. The molecule has 0 heterocycles. The van der Waals surface area contributed by atoms with Gasteiger partial charge in [-0.2, -0.15) is 0 Å². The van der Waals surface area contributed by atoms with Crippen LogP contribution in [0.15, 0.2) is 0 Å². The highest BCUT2D eigenvalue weighted by atomic mass is 14.9. The van der Waals surface area contributed by atoms with E-state index in [0.29, 0.717) is 16.9 Å². The van der Waals surface area contributed by atoms with Gasteiger partial charge in [0, 0.05) is 6.04 Å². The van der Waals surface area contributed by atoms with Gasteiger partial charge < -0.3 is 5.32 Å². The van der Waals surface area contributed by atoms with E-state index in [4.69, 9.17) is 0 Å². The Kier molecular flexibility index (Phi) is 5.14. The molecule has 1 unspecified atom stereocenters. The smallest absolute Gasteiger partial charge is 0.0167 e. The first-order valence-electron chi connectivity index (χ1n) is 5.99. The van der Waals surface area contributed by atoms with Crippen LogP contribution in [0, 0.1) is 10.8 Å². The fourth-order valence-electron chi connectivity index (χ4n) is 2.25. The molecule has 1 atom stereocenters. The lowest BCUT2D eigenvalue weighted by Gasteiger charge is -2.43. The highest BCUT2D eigenvalue weighted by molar-refractivity contribution is 4.91. The normalized spacial score (nSPS) is 15.6. The van der Waals surface area contributed by atoms with Crippen molar-refractivity contribution in [3.05, 3.63) is 0 Å². The van der Waals surface area contributed by atoms with Gasteiger partial charge in [0.15, 0.2) is 0 Å².